The molecule has 3 heterocycles. The van der Waals surface area contributed by atoms with Crippen LogP contribution >= 0.6 is 0 Å². The molecule has 8 rings (SSSR count). The van der Waals surface area contributed by atoms with E-state index < -0.39 is 0 Å². The van der Waals surface area contributed by atoms with Crippen molar-refractivity contribution in [3.63, 3.8) is 0 Å². The standard InChI is InChI=1S/C31H21N3O/c1-31(2)24-9-5-3-7-19(24)22-16-23-20-8-4-6-10-26(20)34(27(23)17-25(22)31)18-11-12-21-28(15-18)35-30-29(21)32-13-14-33-30/h3-17H,1-2H3. The number of hydrogen-bond donors (Lipinski definition) is 0. The third-order valence-corrected chi connectivity index (χ3v) is 7.73. The van der Waals surface area contributed by atoms with Crippen molar-refractivity contribution in [3.8, 4) is 16.8 Å². The third kappa shape index (κ3) is 2.36. The zero-order chi connectivity index (χ0) is 23.3. The predicted molar refractivity (Wildman–Crippen MR) is 141 cm³/mol. The summed E-state index contributed by atoms with van der Waals surface area (Å²) in [4.78, 5) is 8.82. The molecule has 4 heteroatoms. The molecule has 0 aliphatic heterocycles. The maximum Gasteiger partial charge on any atom is 0.246 e. The minimum atomic E-state index is -0.0541. The Morgan fingerprint density at radius 1 is 0.686 bits per heavy atom. The smallest absolute Gasteiger partial charge is 0.246 e. The Bertz CT molecular complexity index is 1990. The van der Waals surface area contributed by atoms with Crippen LogP contribution in [0.1, 0.15) is 25.0 Å². The molecule has 35 heavy (non-hydrogen) atoms. The highest BCUT2D eigenvalue weighted by Gasteiger charge is 2.36. The van der Waals surface area contributed by atoms with Crippen molar-refractivity contribution in [3.05, 3.63) is 102 Å². The summed E-state index contributed by atoms with van der Waals surface area (Å²) in [5.74, 6) is 0. The fraction of sp³-hybridized carbons (Fsp3) is 0.0968. The van der Waals surface area contributed by atoms with Crippen molar-refractivity contribution in [1.29, 1.82) is 0 Å². The van der Waals surface area contributed by atoms with Gasteiger partial charge in [0.15, 0.2) is 0 Å². The van der Waals surface area contributed by atoms with E-state index in [9.17, 15) is 0 Å². The maximum atomic E-state index is 6.08. The minimum absolute atomic E-state index is 0.0541. The summed E-state index contributed by atoms with van der Waals surface area (Å²) in [6, 6.07) is 28.6. The predicted octanol–water partition coefficient (Wildman–Crippen LogP) is 7.78. The molecular weight excluding hydrogens is 430 g/mol. The van der Waals surface area contributed by atoms with Gasteiger partial charge in [0.05, 0.1) is 11.0 Å². The molecule has 0 spiro atoms. The zero-order valence-electron chi connectivity index (χ0n) is 19.4. The first kappa shape index (κ1) is 18.9. The number of furan rings is 1. The molecule has 1 aliphatic carbocycles. The van der Waals surface area contributed by atoms with Crippen LogP contribution in [0, 0.1) is 0 Å². The molecule has 0 bridgehead atoms. The van der Waals surface area contributed by atoms with Crippen LogP contribution in [0.25, 0.3) is 60.8 Å². The second-order valence-corrected chi connectivity index (χ2v) is 9.93. The number of hydrogen-bond acceptors (Lipinski definition) is 3. The van der Waals surface area contributed by atoms with Gasteiger partial charge >= 0.3 is 0 Å². The molecule has 3 aromatic heterocycles. The van der Waals surface area contributed by atoms with Gasteiger partial charge in [0.25, 0.3) is 0 Å². The summed E-state index contributed by atoms with van der Waals surface area (Å²) in [6.07, 6.45) is 3.37. The molecule has 4 nitrogen and oxygen atoms in total. The van der Waals surface area contributed by atoms with E-state index in [2.05, 4.69) is 107 Å². The van der Waals surface area contributed by atoms with Gasteiger partial charge in [-0.05, 0) is 52.6 Å². The number of benzene rings is 4. The highest BCUT2D eigenvalue weighted by Crippen LogP contribution is 2.50. The summed E-state index contributed by atoms with van der Waals surface area (Å²) in [6.45, 7) is 4.66. The van der Waals surface area contributed by atoms with E-state index in [0.717, 1.165) is 22.2 Å². The molecule has 0 amide bonds. The van der Waals surface area contributed by atoms with E-state index in [0.29, 0.717) is 5.71 Å². The van der Waals surface area contributed by atoms with Gasteiger partial charge in [0.1, 0.15) is 11.1 Å². The van der Waals surface area contributed by atoms with Gasteiger partial charge in [-0.1, -0.05) is 56.3 Å². The third-order valence-electron chi connectivity index (χ3n) is 7.73. The number of nitrogens with zero attached hydrogens (tertiary/aromatic N) is 3. The van der Waals surface area contributed by atoms with Gasteiger partial charge in [0, 0.05) is 45.7 Å². The quantitative estimate of drug-likeness (QED) is 0.256. The van der Waals surface area contributed by atoms with Gasteiger partial charge in [0.2, 0.25) is 5.71 Å². The highest BCUT2D eigenvalue weighted by atomic mass is 16.3. The molecule has 0 N–H and O–H groups in total. The van der Waals surface area contributed by atoms with Crippen LogP contribution in [-0.2, 0) is 5.41 Å². The summed E-state index contributed by atoms with van der Waals surface area (Å²) < 4.78 is 8.44. The normalized spacial score (nSPS) is 14.2. The van der Waals surface area contributed by atoms with Gasteiger partial charge in [-0.2, -0.15) is 0 Å². The van der Waals surface area contributed by atoms with Gasteiger partial charge < -0.3 is 8.98 Å². The molecule has 0 saturated heterocycles. The number of para-hydroxylation sites is 1. The fourth-order valence-electron chi connectivity index (χ4n) is 6.06. The molecule has 166 valence electrons. The van der Waals surface area contributed by atoms with Crippen molar-refractivity contribution >= 4 is 44.0 Å². The van der Waals surface area contributed by atoms with Crippen molar-refractivity contribution in [2.24, 2.45) is 0 Å². The number of fused-ring (bicyclic) bond motifs is 9. The Labute approximate surface area is 201 Å². The van der Waals surface area contributed by atoms with Gasteiger partial charge in [-0.15, -0.1) is 0 Å². The Morgan fingerprint density at radius 3 is 2.46 bits per heavy atom. The SMILES string of the molecule is CC1(C)c2ccccc2-c2cc3c4ccccc4n(-c4ccc5c(c4)oc4nccnc45)c3cc21. The Balaban J connectivity index is 1.47. The minimum Gasteiger partial charge on any atom is -0.436 e. The average Bonchev–Trinajstić information content (AvgIpc) is 3.49. The van der Waals surface area contributed by atoms with Crippen molar-refractivity contribution in [1.82, 2.24) is 14.5 Å². The maximum absolute atomic E-state index is 6.08. The first-order chi connectivity index (χ1) is 17.1. The van der Waals surface area contributed by atoms with Crippen LogP contribution in [0.15, 0.2) is 95.7 Å². The Morgan fingerprint density at radius 2 is 1.51 bits per heavy atom. The summed E-state index contributed by atoms with van der Waals surface area (Å²) in [7, 11) is 0. The zero-order valence-corrected chi connectivity index (χ0v) is 19.4. The summed E-state index contributed by atoms with van der Waals surface area (Å²) in [5, 5.41) is 3.50. The van der Waals surface area contributed by atoms with E-state index in [4.69, 9.17) is 4.42 Å². The molecule has 0 saturated carbocycles. The van der Waals surface area contributed by atoms with Crippen LogP contribution < -0.4 is 0 Å². The van der Waals surface area contributed by atoms with Crippen molar-refractivity contribution < 1.29 is 4.42 Å². The molecule has 0 fully saturated rings. The average molecular weight is 452 g/mol. The molecule has 1 aliphatic rings. The van der Waals surface area contributed by atoms with Crippen LogP contribution in [0.5, 0.6) is 0 Å². The summed E-state index contributed by atoms with van der Waals surface area (Å²) >= 11 is 0. The van der Waals surface area contributed by atoms with Crippen LogP contribution in [0.2, 0.25) is 0 Å². The lowest BCUT2D eigenvalue weighted by Crippen LogP contribution is -2.14. The largest absolute Gasteiger partial charge is 0.436 e. The molecule has 7 aromatic rings. The topological polar surface area (TPSA) is 43.9 Å². The van der Waals surface area contributed by atoms with Crippen LogP contribution in [0.3, 0.4) is 0 Å². The Kier molecular flexibility index (Phi) is 3.44. The van der Waals surface area contributed by atoms with Crippen molar-refractivity contribution in [2.45, 2.75) is 19.3 Å². The lowest BCUT2D eigenvalue weighted by atomic mass is 9.82. The first-order valence-electron chi connectivity index (χ1n) is 11.9. The molecular formula is C31H21N3O. The second kappa shape index (κ2) is 6.36. The molecule has 4 aromatic carbocycles. The summed E-state index contributed by atoms with van der Waals surface area (Å²) in [5.41, 5.74) is 11.0. The molecule has 0 unspecified atom stereocenters. The molecule has 0 radical (unpaired) electrons. The van der Waals surface area contributed by atoms with Gasteiger partial charge in [-0.25, -0.2) is 9.97 Å². The lowest BCUT2D eigenvalue weighted by molar-refractivity contribution is 0.652. The second-order valence-electron chi connectivity index (χ2n) is 9.93. The first-order valence-corrected chi connectivity index (χ1v) is 11.9. The monoisotopic (exact) mass is 451 g/mol. The van der Waals surface area contributed by atoms with Crippen LogP contribution in [-0.4, -0.2) is 14.5 Å². The Hall–Kier alpha value is -4.44. The fourth-order valence-corrected chi connectivity index (χ4v) is 6.06. The lowest BCUT2D eigenvalue weighted by Gasteiger charge is -2.21. The number of aromatic nitrogens is 3. The van der Waals surface area contributed by atoms with E-state index in [1.54, 1.807) is 12.4 Å². The van der Waals surface area contributed by atoms with E-state index in [1.807, 2.05) is 0 Å². The number of rotatable bonds is 1. The molecule has 0 atom stereocenters. The van der Waals surface area contributed by atoms with E-state index >= 15 is 0 Å². The van der Waals surface area contributed by atoms with Crippen molar-refractivity contribution in [2.75, 3.05) is 0 Å². The highest BCUT2D eigenvalue weighted by molar-refractivity contribution is 6.12. The van der Waals surface area contributed by atoms with E-state index in [1.165, 1.54) is 44.1 Å². The van der Waals surface area contributed by atoms with Crippen LogP contribution in [0.4, 0.5) is 0 Å². The van der Waals surface area contributed by atoms with Gasteiger partial charge in [-0.3, -0.25) is 0 Å². The van der Waals surface area contributed by atoms with E-state index in [-0.39, 0.29) is 5.41 Å².